The molecule has 0 atom stereocenters. The van der Waals surface area contributed by atoms with Crippen LogP contribution < -0.4 is 15.5 Å². The number of nitrogens with two attached hydrogens (primary N) is 1. The lowest BCUT2D eigenvalue weighted by Crippen LogP contribution is -2.58. The highest BCUT2D eigenvalue weighted by atomic mass is 15.3. The van der Waals surface area contributed by atoms with Crippen molar-refractivity contribution >= 4 is 17.7 Å². The topological polar surface area (TPSA) is 84.1 Å². The Kier molecular flexibility index (Phi) is 3.27. The zero-order chi connectivity index (χ0) is 19.1. The monoisotopic (exact) mass is 389 g/mol. The first kappa shape index (κ1) is 16.4. The molecule has 2 N–H and O–H groups in total. The lowest BCUT2D eigenvalue weighted by Gasteiger charge is -2.57. The number of nitrogen functional groups attached to an aromatic ring is 1. The molecule has 7 heteroatoms. The van der Waals surface area contributed by atoms with Crippen LogP contribution in [0.15, 0.2) is 18.5 Å². The van der Waals surface area contributed by atoms with Crippen LogP contribution in [0.2, 0.25) is 0 Å². The summed E-state index contributed by atoms with van der Waals surface area (Å²) in [7, 11) is 0. The van der Waals surface area contributed by atoms with Crippen molar-refractivity contribution in [1.82, 2.24) is 19.9 Å². The number of hydrogen-bond donors (Lipinski definition) is 1. The van der Waals surface area contributed by atoms with Gasteiger partial charge in [0.25, 0.3) is 0 Å². The van der Waals surface area contributed by atoms with E-state index in [1.807, 2.05) is 0 Å². The van der Waals surface area contributed by atoms with Crippen molar-refractivity contribution in [3.05, 3.63) is 18.5 Å². The van der Waals surface area contributed by atoms with Gasteiger partial charge in [0.1, 0.15) is 5.82 Å². The Morgan fingerprint density at radius 1 is 0.793 bits per heavy atom. The van der Waals surface area contributed by atoms with Crippen molar-refractivity contribution in [3.8, 4) is 11.3 Å². The Labute approximate surface area is 170 Å². The Morgan fingerprint density at radius 2 is 1.45 bits per heavy atom. The first-order valence-corrected chi connectivity index (χ1v) is 11.2. The lowest BCUT2D eigenvalue weighted by atomic mass is 9.63. The summed E-state index contributed by atoms with van der Waals surface area (Å²) < 4.78 is 0. The number of piperidine rings is 2. The summed E-state index contributed by atoms with van der Waals surface area (Å²) in [5.74, 6) is 5.01. The predicted molar refractivity (Wildman–Crippen MR) is 111 cm³/mol. The van der Waals surface area contributed by atoms with Gasteiger partial charge in [-0.15, -0.1) is 0 Å². The largest absolute Gasteiger partial charge is 0.368 e. The van der Waals surface area contributed by atoms with Crippen molar-refractivity contribution in [2.45, 2.75) is 63.1 Å². The van der Waals surface area contributed by atoms with Gasteiger partial charge in [0.15, 0.2) is 0 Å². The van der Waals surface area contributed by atoms with E-state index in [4.69, 9.17) is 15.7 Å². The second kappa shape index (κ2) is 5.80. The zero-order valence-electron chi connectivity index (χ0n) is 16.6. The number of anilines is 3. The standard InChI is InChI=1S/C22H27N7/c23-21-24-9-15(10-25-21)19-8-20(27-22(26-19)28-11-14-6-16(28)7-14)29-17-2-12-1-13(4-17)5-18(29)3-12/h8-10,12-14,16-18H,1-7,11H2,(H2,23,24,25). The van der Waals surface area contributed by atoms with E-state index < -0.39 is 0 Å². The molecular formula is C22H27N7. The molecule has 0 spiro atoms. The first-order chi connectivity index (χ1) is 14.2. The molecule has 2 aromatic rings. The molecule has 3 saturated carbocycles. The molecular weight excluding hydrogens is 362 g/mol. The minimum absolute atomic E-state index is 0.299. The molecule has 2 aromatic heterocycles. The third-order valence-corrected chi connectivity index (χ3v) is 8.17. The van der Waals surface area contributed by atoms with Gasteiger partial charge in [-0.1, -0.05) is 0 Å². The van der Waals surface area contributed by atoms with Crippen molar-refractivity contribution < 1.29 is 0 Å². The van der Waals surface area contributed by atoms with Gasteiger partial charge in [-0.25, -0.2) is 15.0 Å². The maximum Gasteiger partial charge on any atom is 0.228 e. The van der Waals surface area contributed by atoms with Crippen LogP contribution in [0.5, 0.6) is 0 Å². The summed E-state index contributed by atoms with van der Waals surface area (Å²) in [5.41, 5.74) is 7.55. The van der Waals surface area contributed by atoms with Gasteiger partial charge < -0.3 is 15.5 Å². The average molecular weight is 390 g/mol. The second-order valence-corrected chi connectivity index (χ2v) is 10.0. The highest BCUT2D eigenvalue weighted by molar-refractivity contribution is 5.65. The summed E-state index contributed by atoms with van der Waals surface area (Å²) in [4.78, 5) is 23.6. The molecule has 0 amide bonds. The van der Waals surface area contributed by atoms with Crippen molar-refractivity contribution in [1.29, 1.82) is 0 Å². The molecule has 4 aliphatic heterocycles. The molecule has 0 unspecified atom stereocenters. The fourth-order valence-electron chi connectivity index (χ4n) is 6.98. The van der Waals surface area contributed by atoms with E-state index in [1.165, 1.54) is 44.9 Å². The molecule has 29 heavy (non-hydrogen) atoms. The average Bonchev–Trinajstić information content (AvgIpc) is 3.29. The minimum Gasteiger partial charge on any atom is -0.368 e. The first-order valence-electron chi connectivity index (χ1n) is 11.2. The number of nitrogens with zero attached hydrogens (tertiary/aromatic N) is 6. The Balaban J connectivity index is 1.32. The summed E-state index contributed by atoms with van der Waals surface area (Å²) in [6.45, 7) is 1.10. The molecule has 7 fully saturated rings. The van der Waals surface area contributed by atoms with E-state index in [2.05, 4.69) is 25.8 Å². The summed E-state index contributed by atoms with van der Waals surface area (Å²) in [5, 5.41) is 0. The minimum atomic E-state index is 0.299. The van der Waals surface area contributed by atoms with E-state index in [0.29, 0.717) is 24.1 Å². The van der Waals surface area contributed by atoms with Crippen LogP contribution in [0.25, 0.3) is 11.3 Å². The van der Waals surface area contributed by atoms with Crippen LogP contribution in [-0.2, 0) is 0 Å². The van der Waals surface area contributed by atoms with Crippen LogP contribution >= 0.6 is 0 Å². The van der Waals surface area contributed by atoms with Crippen molar-refractivity contribution in [3.63, 3.8) is 0 Å². The van der Waals surface area contributed by atoms with Gasteiger partial charge in [0.05, 0.1) is 5.69 Å². The molecule has 6 heterocycles. The Bertz CT molecular complexity index is 924. The van der Waals surface area contributed by atoms with Gasteiger partial charge in [-0.05, 0) is 62.7 Å². The maximum absolute atomic E-state index is 5.71. The highest BCUT2D eigenvalue weighted by Crippen LogP contribution is 2.51. The number of fused-ring (bicyclic) bond motifs is 1. The summed E-state index contributed by atoms with van der Waals surface area (Å²) >= 11 is 0. The zero-order valence-corrected chi connectivity index (χ0v) is 16.6. The molecule has 6 bridgehead atoms. The van der Waals surface area contributed by atoms with Crippen LogP contribution in [0, 0.1) is 17.8 Å². The third kappa shape index (κ3) is 2.49. The van der Waals surface area contributed by atoms with E-state index in [1.54, 1.807) is 12.4 Å². The smallest absolute Gasteiger partial charge is 0.228 e. The van der Waals surface area contributed by atoms with Crippen LogP contribution in [0.4, 0.5) is 17.7 Å². The molecule has 7 nitrogen and oxygen atoms in total. The van der Waals surface area contributed by atoms with E-state index >= 15 is 0 Å². The molecule has 0 aromatic carbocycles. The van der Waals surface area contributed by atoms with E-state index in [9.17, 15) is 0 Å². The van der Waals surface area contributed by atoms with Gasteiger partial charge >= 0.3 is 0 Å². The van der Waals surface area contributed by atoms with Gasteiger partial charge in [-0.2, -0.15) is 4.98 Å². The fraction of sp³-hybridized carbons (Fsp3) is 0.636. The lowest BCUT2D eigenvalue weighted by molar-refractivity contribution is 0.0892. The van der Waals surface area contributed by atoms with Crippen LogP contribution in [-0.4, -0.2) is 44.6 Å². The predicted octanol–water partition coefficient (Wildman–Crippen LogP) is 2.88. The maximum atomic E-state index is 5.71. The number of rotatable bonds is 3. The molecule has 7 aliphatic rings. The van der Waals surface area contributed by atoms with Crippen molar-refractivity contribution in [2.75, 3.05) is 22.1 Å². The molecule has 0 radical (unpaired) electrons. The number of aromatic nitrogens is 4. The van der Waals surface area contributed by atoms with E-state index in [-0.39, 0.29) is 0 Å². The summed E-state index contributed by atoms with van der Waals surface area (Å²) in [6.07, 6.45) is 13.0. The SMILES string of the molecule is Nc1ncc(-c2cc(N3C4CC5CC(C4)CC3C5)nc(N3CC4CC3C4)n2)cn1. The Hall–Kier alpha value is -2.44. The molecule has 9 rings (SSSR count). The normalized spacial score (nSPS) is 36.6. The van der Waals surface area contributed by atoms with Crippen LogP contribution in [0.3, 0.4) is 0 Å². The van der Waals surface area contributed by atoms with Crippen molar-refractivity contribution in [2.24, 2.45) is 17.8 Å². The quantitative estimate of drug-likeness (QED) is 0.864. The number of hydrogen-bond acceptors (Lipinski definition) is 7. The van der Waals surface area contributed by atoms with E-state index in [0.717, 1.165) is 47.3 Å². The van der Waals surface area contributed by atoms with Gasteiger partial charge in [0.2, 0.25) is 11.9 Å². The third-order valence-electron chi connectivity index (χ3n) is 8.17. The summed E-state index contributed by atoms with van der Waals surface area (Å²) in [6, 6.07) is 4.09. The second-order valence-electron chi connectivity index (χ2n) is 10.0. The highest BCUT2D eigenvalue weighted by Gasteiger charge is 2.48. The fourth-order valence-corrected chi connectivity index (χ4v) is 6.98. The molecule has 3 aliphatic carbocycles. The Morgan fingerprint density at radius 3 is 2.07 bits per heavy atom. The van der Waals surface area contributed by atoms with Gasteiger partial charge in [-0.3, -0.25) is 0 Å². The van der Waals surface area contributed by atoms with Crippen LogP contribution in [0.1, 0.15) is 44.9 Å². The molecule has 4 saturated heterocycles. The molecule has 150 valence electrons. The van der Waals surface area contributed by atoms with Gasteiger partial charge in [0, 0.05) is 48.7 Å².